The lowest BCUT2D eigenvalue weighted by molar-refractivity contribution is -0.143. The first kappa shape index (κ1) is 24.9. The molecule has 180 valence electrons. The average Bonchev–Trinajstić information content (AvgIpc) is 3.50. The Hall–Kier alpha value is -2.69. The molecule has 0 bridgehead atoms. The highest BCUT2D eigenvalue weighted by molar-refractivity contribution is 7.89. The molecular weight excluding hydrogens is 446 g/mol. The van der Waals surface area contributed by atoms with Crippen molar-refractivity contribution >= 4 is 21.8 Å². The molecule has 2 heterocycles. The van der Waals surface area contributed by atoms with Gasteiger partial charge in [-0.3, -0.25) is 9.59 Å². The summed E-state index contributed by atoms with van der Waals surface area (Å²) >= 11 is 0. The van der Waals surface area contributed by atoms with E-state index in [2.05, 4.69) is 10.0 Å². The topological polar surface area (TPSA) is 118 Å². The van der Waals surface area contributed by atoms with E-state index < -0.39 is 28.5 Å². The van der Waals surface area contributed by atoms with Crippen LogP contribution in [0.25, 0.3) is 0 Å². The van der Waals surface area contributed by atoms with Crippen LogP contribution in [0.3, 0.4) is 0 Å². The normalized spacial score (nSPS) is 17.1. The first-order valence-electron chi connectivity index (χ1n) is 11.0. The first-order chi connectivity index (χ1) is 15.8. The minimum absolute atomic E-state index is 0.0695. The van der Waals surface area contributed by atoms with Gasteiger partial charge < -0.3 is 19.4 Å². The number of sulfonamides is 1. The van der Waals surface area contributed by atoms with Crippen LogP contribution in [-0.2, 0) is 30.9 Å². The van der Waals surface area contributed by atoms with E-state index in [0.717, 1.165) is 12.8 Å². The average molecular weight is 478 g/mol. The second-order valence-electron chi connectivity index (χ2n) is 8.30. The van der Waals surface area contributed by atoms with Crippen molar-refractivity contribution in [3.8, 4) is 0 Å². The molecule has 1 aliphatic heterocycles. The SMILES string of the molecule is CC(C)[C@@H](C(=O)NCc1ccco1)N(C[C@H]1CCCO1)C(=O)CNS(=O)(=O)c1ccccc1. The number of carbonyl (C=O) groups excluding carboxylic acids is 2. The summed E-state index contributed by atoms with van der Waals surface area (Å²) in [7, 11) is -3.86. The van der Waals surface area contributed by atoms with Gasteiger partial charge in [-0.2, -0.15) is 0 Å². The van der Waals surface area contributed by atoms with Gasteiger partial charge in [0.2, 0.25) is 21.8 Å². The third-order valence-electron chi connectivity index (χ3n) is 5.46. The molecule has 1 aromatic heterocycles. The number of nitrogens with one attached hydrogen (secondary N) is 2. The van der Waals surface area contributed by atoms with Crippen molar-refractivity contribution in [3.05, 3.63) is 54.5 Å². The summed E-state index contributed by atoms with van der Waals surface area (Å²) in [4.78, 5) is 27.8. The lowest BCUT2D eigenvalue weighted by atomic mass is 10.00. The number of nitrogens with zero attached hydrogens (tertiary/aromatic N) is 1. The van der Waals surface area contributed by atoms with Gasteiger partial charge in [0.25, 0.3) is 0 Å². The number of ether oxygens (including phenoxy) is 1. The maximum absolute atomic E-state index is 13.2. The van der Waals surface area contributed by atoms with Gasteiger partial charge in [-0.1, -0.05) is 32.0 Å². The Morgan fingerprint density at radius 3 is 2.52 bits per heavy atom. The standard InChI is InChI=1S/C23H31N3O6S/c1-17(2)22(23(28)24-14-18-8-6-12-31-18)26(16-19-9-7-13-32-19)21(27)15-25-33(29,30)20-10-4-3-5-11-20/h3-6,8,10-12,17,19,22,25H,7,9,13-16H2,1-2H3,(H,24,28)/t19-,22+/m1/s1. The van der Waals surface area contributed by atoms with Crippen LogP contribution in [0, 0.1) is 5.92 Å². The maximum Gasteiger partial charge on any atom is 0.243 e. The van der Waals surface area contributed by atoms with Crippen LogP contribution in [0.4, 0.5) is 0 Å². The molecule has 0 spiro atoms. The van der Waals surface area contributed by atoms with Crippen molar-refractivity contribution in [3.63, 3.8) is 0 Å². The number of carbonyl (C=O) groups is 2. The number of hydrogen-bond donors (Lipinski definition) is 2. The largest absolute Gasteiger partial charge is 0.467 e. The van der Waals surface area contributed by atoms with Crippen LogP contribution in [-0.4, -0.2) is 57.0 Å². The van der Waals surface area contributed by atoms with E-state index in [-0.39, 0.29) is 35.9 Å². The molecule has 2 N–H and O–H groups in total. The monoisotopic (exact) mass is 477 g/mol. The molecule has 10 heteroatoms. The summed E-state index contributed by atoms with van der Waals surface area (Å²) in [6.45, 7) is 4.24. The summed E-state index contributed by atoms with van der Waals surface area (Å²) in [5, 5.41) is 2.82. The predicted molar refractivity (Wildman–Crippen MR) is 121 cm³/mol. The molecule has 1 aliphatic rings. The van der Waals surface area contributed by atoms with E-state index in [9.17, 15) is 18.0 Å². The lowest BCUT2D eigenvalue weighted by Crippen LogP contribution is -2.56. The zero-order chi connectivity index (χ0) is 23.8. The smallest absolute Gasteiger partial charge is 0.243 e. The molecule has 2 amide bonds. The van der Waals surface area contributed by atoms with Crippen LogP contribution in [0.2, 0.25) is 0 Å². The van der Waals surface area contributed by atoms with Gasteiger partial charge in [-0.15, -0.1) is 0 Å². The fourth-order valence-corrected chi connectivity index (χ4v) is 4.81. The summed E-state index contributed by atoms with van der Waals surface area (Å²) in [6.07, 6.45) is 2.98. The van der Waals surface area contributed by atoms with Crippen molar-refractivity contribution in [1.29, 1.82) is 0 Å². The van der Waals surface area contributed by atoms with Crippen LogP contribution in [0.15, 0.2) is 58.0 Å². The fraction of sp³-hybridized carbons (Fsp3) is 0.478. The number of hydrogen-bond acceptors (Lipinski definition) is 6. The van der Waals surface area contributed by atoms with Crippen molar-refractivity contribution < 1.29 is 27.2 Å². The number of amides is 2. The lowest BCUT2D eigenvalue weighted by Gasteiger charge is -2.35. The van der Waals surface area contributed by atoms with Crippen LogP contribution < -0.4 is 10.0 Å². The van der Waals surface area contributed by atoms with Crippen molar-refractivity contribution in [2.24, 2.45) is 5.92 Å². The Kier molecular flexibility index (Phi) is 8.65. The zero-order valence-electron chi connectivity index (χ0n) is 18.9. The van der Waals surface area contributed by atoms with Crippen LogP contribution in [0.1, 0.15) is 32.4 Å². The van der Waals surface area contributed by atoms with Gasteiger partial charge in [0.05, 0.1) is 30.4 Å². The molecule has 0 saturated carbocycles. The molecule has 0 radical (unpaired) electrons. The molecule has 2 aromatic rings. The Morgan fingerprint density at radius 1 is 1.15 bits per heavy atom. The highest BCUT2D eigenvalue weighted by atomic mass is 32.2. The molecule has 3 rings (SSSR count). The Morgan fingerprint density at radius 2 is 1.91 bits per heavy atom. The zero-order valence-corrected chi connectivity index (χ0v) is 19.7. The fourth-order valence-electron chi connectivity index (χ4n) is 3.82. The Labute approximate surface area is 194 Å². The van der Waals surface area contributed by atoms with Gasteiger partial charge in [0.15, 0.2) is 0 Å². The third kappa shape index (κ3) is 6.89. The van der Waals surface area contributed by atoms with Gasteiger partial charge in [-0.25, -0.2) is 13.1 Å². The minimum atomic E-state index is -3.86. The van der Waals surface area contributed by atoms with E-state index in [1.807, 2.05) is 13.8 Å². The second kappa shape index (κ2) is 11.4. The molecule has 33 heavy (non-hydrogen) atoms. The van der Waals surface area contributed by atoms with E-state index in [1.165, 1.54) is 23.3 Å². The number of furan rings is 1. The van der Waals surface area contributed by atoms with E-state index in [0.29, 0.717) is 12.4 Å². The van der Waals surface area contributed by atoms with E-state index in [1.54, 1.807) is 30.3 Å². The molecule has 0 unspecified atom stereocenters. The Balaban J connectivity index is 1.74. The summed E-state index contributed by atoms with van der Waals surface area (Å²) in [6, 6.07) is 10.5. The molecule has 1 aromatic carbocycles. The quantitative estimate of drug-likeness (QED) is 0.510. The molecule has 0 aliphatic carbocycles. The highest BCUT2D eigenvalue weighted by Gasteiger charge is 2.35. The van der Waals surface area contributed by atoms with Gasteiger partial charge in [0.1, 0.15) is 11.8 Å². The first-order valence-corrected chi connectivity index (χ1v) is 12.5. The summed E-state index contributed by atoms with van der Waals surface area (Å²) in [5.41, 5.74) is 0. The van der Waals surface area contributed by atoms with Crippen LogP contribution >= 0.6 is 0 Å². The summed E-state index contributed by atoms with van der Waals surface area (Å²) < 4.78 is 38.5. The molecule has 9 nitrogen and oxygen atoms in total. The van der Waals surface area contributed by atoms with E-state index >= 15 is 0 Å². The van der Waals surface area contributed by atoms with Gasteiger partial charge >= 0.3 is 0 Å². The van der Waals surface area contributed by atoms with Crippen molar-refractivity contribution in [2.45, 2.75) is 50.3 Å². The highest BCUT2D eigenvalue weighted by Crippen LogP contribution is 2.19. The molecule has 1 fully saturated rings. The summed E-state index contributed by atoms with van der Waals surface area (Å²) in [5.74, 6) is -0.438. The van der Waals surface area contributed by atoms with Crippen LogP contribution in [0.5, 0.6) is 0 Å². The maximum atomic E-state index is 13.2. The Bertz CT molecular complexity index is 1000. The number of benzene rings is 1. The second-order valence-corrected chi connectivity index (χ2v) is 10.1. The molecular formula is C23H31N3O6S. The predicted octanol–water partition coefficient (Wildman–Crippen LogP) is 1.91. The van der Waals surface area contributed by atoms with Crippen molar-refractivity contribution in [2.75, 3.05) is 19.7 Å². The number of rotatable bonds is 11. The van der Waals surface area contributed by atoms with Gasteiger partial charge in [0, 0.05) is 13.2 Å². The van der Waals surface area contributed by atoms with Crippen molar-refractivity contribution in [1.82, 2.24) is 14.9 Å². The minimum Gasteiger partial charge on any atom is -0.467 e. The molecule has 1 saturated heterocycles. The third-order valence-corrected chi connectivity index (χ3v) is 6.88. The van der Waals surface area contributed by atoms with Gasteiger partial charge in [-0.05, 0) is 43.0 Å². The van der Waals surface area contributed by atoms with E-state index in [4.69, 9.17) is 9.15 Å². The molecule has 2 atom stereocenters.